The normalized spacial score (nSPS) is 10.0. The molecule has 0 aliphatic rings. The Morgan fingerprint density at radius 1 is 0.265 bits per heavy atom. The summed E-state index contributed by atoms with van der Waals surface area (Å²) in [6, 6.07) is 53.7. The molecule has 2 aromatic carbocycles. The number of rotatable bonds is 20. The van der Waals surface area contributed by atoms with Crippen molar-refractivity contribution >= 4 is 153 Å². The van der Waals surface area contributed by atoms with Gasteiger partial charge in [0.1, 0.15) is 93.9 Å². The highest BCUT2D eigenvalue weighted by molar-refractivity contribution is 6.41. The Hall–Kier alpha value is -12.9. The van der Waals surface area contributed by atoms with Crippen molar-refractivity contribution in [3.63, 3.8) is 0 Å². The fourth-order valence-corrected chi connectivity index (χ4v) is 8.04. The van der Waals surface area contributed by atoms with Crippen LogP contribution in [0.3, 0.4) is 0 Å². The molecular weight excluding hydrogens is 1410 g/mol. The van der Waals surface area contributed by atoms with Gasteiger partial charge in [-0.2, -0.15) is 0 Å². The summed E-state index contributed by atoms with van der Waals surface area (Å²) in [6.45, 7) is 0.122. The van der Waals surface area contributed by atoms with Crippen LogP contribution in [-0.4, -0.2) is 124 Å². The molecule has 0 aliphatic carbocycles. The minimum Gasteiger partial charge on any atom is -0.464 e. The highest BCUT2D eigenvalue weighted by Gasteiger charge is 2.20. The molecular formula is C68H56Cl4N16O14. The van der Waals surface area contributed by atoms with E-state index in [2.05, 4.69) is 91.9 Å². The fourth-order valence-electron chi connectivity index (χ4n) is 8.04. The number of carbonyl (C=O) groups excluding carboxylic acids is 10. The first kappa shape index (κ1) is 76.5. The molecule has 0 saturated carbocycles. The minimum atomic E-state index is -0.743. The molecule has 34 heteroatoms. The van der Waals surface area contributed by atoms with E-state index in [0.29, 0.717) is 0 Å². The number of ether oxygens (including phenoxy) is 4. The Bertz CT molecular complexity index is 4320. The number of alkyl halides is 4. The van der Waals surface area contributed by atoms with E-state index in [9.17, 15) is 47.9 Å². The van der Waals surface area contributed by atoms with Crippen molar-refractivity contribution in [2.45, 2.75) is 13.2 Å². The smallest absolute Gasteiger partial charge is 0.413 e. The molecule has 0 atom stereocenters. The number of methoxy groups -OCH3 is 2. The number of nitrogens with zero attached hydrogens (tertiary/aromatic N) is 8. The third kappa shape index (κ3) is 24.9. The maximum absolute atomic E-state index is 13.0. The van der Waals surface area contributed by atoms with E-state index in [-0.39, 0.29) is 116 Å². The molecule has 520 valence electrons. The van der Waals surface area contributed by atoms with Crippen molar-refractivity contribution in [2.75, 3.05) is 67.4 Å². The lowest BCUT2D eigenvalue weighted by molar-refractivity contribution is 0.0585. The third-order valence-corrected chi connectivity index (χ3v) is 12.5. The topological polar surface area (TPSA) is 407 Å². The lowest BCUT2D eigenvalue weighted by Gasteiger charge is -2.09. The molecule has 8 N–H and O–H groups in total. The summed E-state index contributed by atoms with van der Waals surface area (Å²) in [5.41, 5.74) is 1.38. The van der Waals surface area contributed by atoms with Crippen molar-refractivity contribution in [1.82, 2.24) is 39.9 Å². The van der Waals surface area contributed by atoms with Crippen molar-refractivity contribution < 1.29 is 66.9 Å². The first-order valence-corrected chi connectivity index (χ1v) is 31.5. The molecule has 10 aromatic rings. The number of hydrogen-bond donors (Lipinski definition) is 8. The number of carbonyl (C=O) groups is 10. The van der Waals surface area contributed by atoms with E-state index in [1.54, 1.807) is 0 Å². The van der Waals surface area contributed by atoms with E-state index >= 15 is 0 Å². The van der Waals surface area contributed by atoms with E-state index in [4.69, 9.17) is 55.9 Å². The first-order chi connectivity index (χ1) is 49.4. The summed E-state index contributed by atoms with van der Waals surface area (Å²) >= 11 is 19.1. The lowest BCUT2D eigenvalue weighted by Crippen LogP contribution is -2.20. The third-order valence-electron chi connectivity index (χ3n) is 12.5. The van der Waals surface area contributed by atoms with Gasteiger partial charge in [0.25, 0.3) is 35.4 Å². The second kappa shape index (κ2) is 40.1. The van der Waals surface area contributed by atoms with Gasteiger partial charge in [0.15, 0.2) is 11.4 Å². The summed E-state index contributed by atoms with van der Waals surface area (Å²) in [6.07, 6.45) is -1.49. The fraction of sp³-hybridized carbons (Fsp3) is 0.0882. The molecule has 10 rings (SSSR count). The number of aromatic nitrogens is 8. The molecule has 8 aromatic heterocycles. The number of pyridine rings is 8. The van der Waals surface area contributed by atoms with Crippen LogP contribution in [0.15, 0.2) is 206 Å². The van der Waals surface area contributed by atoms with Crippen LogP contribution in [0.1, 0.15) is 95.0 Å². The number of benzene rings is 2. The summed E-state index contributed by atoms with van der Waals surface area (Å²) in [4.78, 5) is 158. The molecule has 0 radical (unpaired) electrons. The van der Waals surface area contributed by atoms with E-state index in [0.717, 1.165) is 11.1 Å². The second-order valence-electron chi connectivity index (χ2n) is 19.5. The number of nitrogens with one attached hydrogen (secondary N) is 8. The molecule has 0 spiro atoms. The van der Waals surface area contributed by atoms with Gasteiger partial charge in [-0.05, 0) is 108 Å². The van der Waals surface area contributed by atoms with Crippen LogP contribution in [0, 0.1) is 0 Å². The molecule has 8 amide bonds. The largest absolute Gasteiger partial charge is 0.464 e. The molecule has 0 fully saturated rings. The zero-order valence-electron chi connectivity index (χ0n) is 53.3. The first-order valence-electron chi connectivity index (χ1n) is 29.4. The summed E-state index contributed by atoms with van der Waals surface area (Å²) in [5.74, 6) is -4.63. The van der Waals surface area contributed by atoms with Gasteiger partial charge in [-0.15, -0.1) is 46.4 Å². The SMILES string of the molecule is COC(=O)c1cccc(NC(=O)c2cccc(NC(=O)c3cccc(NC(=O)c4cccc(NC(=O)OCc5ccccc5)n4)n3)n2)n1.COC(=O)c1cccc(NC(=O)c2cccc(NC(=O)c3cccc(NC(=O)c4cccc(NC(=O)OCc5ccccc5)n4)n3)n2)n1.ClCCl.ClCCl. The molecule has 0 aliphatic heterocycles. The standard InChI is InChI=1S/2C33H26N8O7.2CH2Cl2/c2*1-47-32(45)24-14-8-17-27(37-24)40-30(43)22-12-6-15-25(35-22)38-29(42)21-11-5-16-26(34-21)39-31(44)23-13-7-18-28(36-23)41-33(46)48-19-20-9-3-2-4-10-20;2*2-1-3/h2*2-18H,19H2,1H3,(H,34,39,44)(H,35,38,42)(H,36,41,46)(H,37,40,43);2*1H2. The molecule has 0 unspecified atom stereocenters. The van der Waals surface area contributed by atoms with Gasteiger partial charge in [-0.3, -0.25) is 39.4 Å². The van der Waals surface area contributed by atoms with Crippen molar-refractivity contribution in [3.05, 3.63) is 263 Å². The Morgan fingerprint density at radius 2 is 0.451 bits per heavy atom. The molecule has 0 bridgehead atoms. The number of amides is 8. The average molecular weight is 1460 g/mol. The number of esters is 2. The maximum atomic E-state index is 13.0. The van der Waals surface area contributed by atoms with Gasteiger partial charge in [-0.1, -0.05) is 109 Å². The number of anilines is 8. The minimum absolute atomic E-state index is 0.00808. The Balaban J connectivity index is 0.000000265. The second-order valence-corrected chi connectivity index (χ2v) is 21.2. The monoisotopic (exact) mass is 1460 g/mol. The molecule has 30 nitrogen and oxygen atoms in total. The Labute approximate surface area is 599 Å². The van der Waals surface area contributed by atoms with Crippen LogP contribution in [0.4, 0.5) is 56.1 Å². The van der Waals surface area contributed by atoms with Crippen LogP contribution >= 0.6 is 46.4 Å². The van der Waals surface area contributed by atoms with Crippen LogP contribution in [0.2, 0.25) is 0 Å². The van der Waals surface area contributed by atoms with E-state index in [1.165, 1.54) is 160 Å². The van der Waals surface area contributed by atoms with Crippen molar-refractivity contribution in [2.24, 2.45) is 0 Å². The van der Waals surface area contributed by atoms with Crippen LogP contribution in [0.25, 0.3) is 0 Å². The van der Waals surface area contributed by atoms with E-state index < -0.39 is 59.6 Å². The molecule has 102 heavy (non-hydrogen) atoms. The molecule has 0 saturated heterocycles. The predicted octanol–water partition coefficient (Wildman–Crippen LogP) is 12.0. The quantitative estimate of drug-likeness (QED) is 0.0200. The van der Waals surface area contributed by atoms with Crippen LogP contribution < -0.4 is 42.5 Å². The van der Waals surface area contributed by atoms with Gasteiger partial charge in [0.2, 0.25) is 0 Å². The Kier molecular flexibility index (Phi) is 30.1. The maximum Gasteiger partial charge on any atom is 0.413 e. The Morgan fingerprint density at radius 3 is 0.657 bits per heavy atom. The van der Waals surface area contributed by atoms with Gasteiger partial charge in [0, 0.05) is 0 Å². The average Bonchev–Trinajstić information content (AvgIpc) is 0.851. The van der Waals surface area contributed by atoms with Crippen molar-refractivity contribution in [1.29, 1.82) is 0 Å². The summed E-state index contributed by atoms with van der Waals surface area (Å²) in [5, 5.41) is 20.7. The highest BCUT2D eigenvalue weighted by atomic mass is 35.5. The van der Waals surface area contributed by atoms with E-state index in [1.807, 2.05) is 60.7 Å². The molecule has 8 heterocycles. The number of halogens is 4. The predicted molar refractivity (Wildman–Crippen MR) is 378 cm³/mol. The number of hydrogen-bond acceptors (Lipinski definition) is 22. The van der Waals surface area contributed by atoms with Crippen molar-refractivity contribution in [3.8, 4) is 0 Å². The van der Waals surface area contributed by atoms with Gasteiger partial charge < -0.3 is 50.8 Å². The van der Waals surface area contributed by atoms with Gasteiger partial charge in [-0.25, -0.2) is 59.0 Å². The van der Waals surface area contributed by atoms with Crippen LogP contribution in [-0.2, 0) is 32.2 Å². The zero-order chi connectivity index (χ0) is 73.2. The highest BCUT2D eigenvalue weighted by Crippen LogP contribution is 2.18. The summed E-state index contributed by atoms with van der Waals surface area (Å²) < 4.78 is 19.6. The van der Waals surface area contributed by atoms with Gasteiger partial charge in [0.05, 0.1) is 24.9 Å². The lowest BCUT2D eigenvalue weighted by atomic mass is 10.2. The zero-order valence-corrected chi connectivity index (χ0v) is 56.3. The summed E-state index contributed by atoms with van der Waals surface area (Å²) in [7, 11) is 2.43. The van der Waals surface area contributed by atoms with Gasteiger partial charge >= 0.3 is 24.1 Å². The van der Waals surface area contributed by atoms with Crippen LogP contribution in [0.5, 0.6) is 0 Å².